The largest absolute Gasteiger partial charge is 0.430 e. The van der Waals surface area contributed by atoms with Crippen molar-refractivity contribution in [3.8, 4) is 0 Å². The van der Waals surface area contributed by atoms with Crippen LogP contribution in [0.4, 0.5) is 32.0 Å². The Morgan fingerprint density at radius 3 is 1.88 bits per heavy atom. The summed E-state index contributed by atoms with van der Waals surface area (Å²) in [4.78, 5) is 12.2. The predicted molar refractivity (Wildman–Crippen MR) is 109 cm³/mol. The Balaban J connectivity index is 2.18. The smallest absolute Gasteiger partial charge is 0.354 e. The highest BCUT2D eigenvalue weighted by atomic mass is 32.2. The molecule has 0 spiro atoms. The molecular weight excluding hydrogens is 476 g/mol. The summed E-state index contributed by atoms with van der Waals surface area (Å²) in [5.74, 6) is -0.568. The molecule has 0 aliphatic carbocycles. The Morgan fingerprint density at radius 1 is 0.939 bits per heavy atom. The van der Waals surface area contributed by atoms with E-state index in [0.717, 1.165) is 19.1 Å². The summed E-state index contributed by atoms with van der Waals surface area (Å²) in [6.07, 6.45) is -11.7. The summed E-state index contributed by atoms with van der Waals surface area (Å²) in [5.41, 5.74) is -4.59. The van der Waals surface area contributed by atoms with Crippen molar-refractivity contribution in [3.63, 3.8) is 0 Å². The number of thiol groups is 1. The molecule has 33 heavy (non-hydrogen) atoms. The Morgan fingerprint density at radius 2 is 1.45 bits per heavy atom. The van der Waals surface area contributed by atoms with E-state index in [4.69, 9.17) is 0 Å². The van der Waals surface area contributed by atoms with Gasteiger partial charge in [0.1, 0.15) is 10.7 Å². The van der Waals surface area contributed by atoms with Gasteiger partial charge in [0.15, 0.2) is 0 Å². The van der Waals surface area contributed by atoms with Gasteiger partial charge in [-0.05, 0) is 37.1 Å². The number of carbonyl (C=O) groups is 1. The number of alkyl halides is 6. The fourth-order valence-electron chi connectivity index (χ4n) is 3.17. The van der Waals surface area contributed by atoms with Gasteiger partial charge in [-0.25, -0.2) is 8.42 Å². The third-order valence-electron chi connectivity index (χ3n) is 4.88. The van der Waals surface area contributed by atoms with Crippen molar-refractivity contribution in [3.05, 3.63) is 65.2 Å². The number of benzene rings is 2. The maximum atomic E-state index is 13.5. The van der Waals surface area contributed by atoms with E-state index < -0.39 is 52.0 Å². The van der Waals surface area contributed by atoms with Crippen LogP contribution in [0.5, 0.6) is 0 Å². The van der Waals surface area contributed by atoms with Gasteiger partial charge in [-0.2, -0.15) is 26.3 Å². The van der Waals surface area contributed by atoms with Crippen LogP contribution in [0.3, 0.4) is 0 Å². The first-order valence-corrected chi connectivity index (χ1v) is 10.9. The summed E-state index contributed by atoms with van der Waals surface area (Å²) in [6.45, 7) is 1.70. The summed E-state index contributed by atoms with van der Waals surface area (Å²) >= 11 is 0. The molecule has 1 unspecified atom stereocenters. The van der Waals surface area contributed by atoms with E-state index in [1.54, 1.807) is 24.3 Å². The molecule has 12 heteroatoms. The average molecular weight is 497 g/mol. The zero-order valence-electron chi connectivity index (χ0n) is 17.5. The van der Waals surface area contributed by atoms with Crippen molar-refractivity contribution in [1.29, 1.82) is 0 Å². The van der Waals surface area contributed by atoms with Crippen molar-refractivity contribution in [2.75, 3.05) is 11.9 Å². The van der Waals surface area contributed by atoms with E-state index in [2.05, 4.69) is 10.1 Å². The molecule has 0 aliphatic heterocycles. The fourth-order valence-corrected chi connectivity index (χ4v) is 3.58. The summed E-state index contributed by atoms with van der Waals surface area (Å²) in [6, 6.07) is 9.26. The highest BCUT2D eigenvalue weighted by Gasteiger charge is 2.73. The van der Waals surface area contributed by atoms with Crippen LogP contribution in [0.2, 0.25) is 0 Å². The zero-order valence-corrected chi connectivity index (χ0v) is 18.4. The van der Waals surface area contributed by atoms with Gasteiger partial charge in [-0.1, -0.05) is 36.4 Å². The second-order valence-corrected chi connectivity index (χ2v) is 8.46. The lowest BCUT2D eigenvalue weighted by atomic mass is 9.91. The van der Waals surface area contributed by atoms with Gasteiger partial charge in [-0.3, -0.25) is 4.79 Å². The van der Waals surface area contributed by atoms with Crippen LogP contribution in [0, 0.1) is 0 Å². The van der Waals surface area contributed by atoms with Gasteiger partial charge >= 0.3 is 12.4 Å². The molecule has 5 nitrogen and oxygen atoms in total. The molecule has 0 aromatic heterocycles. The number of amides is 1. The van der Waals surface area contributed by atoms with Gasteiger partial charge in [0.2, 0.25) is 5.91 Å². The van der Waals surface area contributed by atoms with Gasteiger partial charge in [0.25, 0.3) is 5.60 Å². The molecule has 182 valence electrons. The number of carbonyl (C=O) groups excluding carboxylic acids is 1. The molecule has 1 atom stereocenters. The monoisotopic (exact) mass is 497 g/mol. The lowest BCUT2D eigenvalue weighted by molar-refractivity contribution is -0.388. The normalized spacial score (nSPS) is 13.7. The first kappa shape index (κ1) is 26.7. The summed E-state index contributed by atoms with van der Waals surface area (Å²) in [7, 11) is -2.66. The number of hydrogen-bond donors (Lipinski definition) is 2. The van der Waals surface area contributed by atoms with Crippen LogP contribution in [0.1, 0.15) is 35.8 Å². The Labute approximate surface area is 187 Å². The highest BCUT2D eigenvalue weighted by Crippen LogP contribution is 2.53. The highest BCUT2D eigenvalue weighted by molar-refractivity contribution is 7.72. The zero-order chi connectivity index (χ0) is 25.0. The number of anilines is 1. The maximum Gasteiger partial charge on any atom is 0.430 e. The third kappa shape index (κ3) is 5.85. The van der Waals surface area contributed by atoms with Crippen LogP contribution in [-0.2, 0) is 32.3 Å². The van der Waals surface area contributed by atoms with E-state index in [1.165, 1.54) is 6.92 Å². The molecule has 2 aromatic rings. The van der Waals surface area contributed by atoms with Crippen molar-refractivity contribution in [1.82, 2.24) is 0 Å². The lowest BCUT2D eigenvalue weighted by Crippen LogP contribution is -2.56. The molecule has 0 saturated carbocycles. The molecule has 0 saturated heterocycles. The first-order chi connectivity index (χ1) is 15.2. The number of rotatable bonds is 8. The number of ether oxygens (including phenoxy) is 1. The van der Waals surface area contributed by atoms with E-state index in [0.29, 0.717) is 23.3 Å². The first-order valence-electron chi connectivity index (χ1n) is 9.63. The van der Waals surface area contributed by atoms with Gasteiger partial charge in [0, 0.05) is 17.9 Å². The predicted octanol–water partition coefficient (Wildman–Crippen LogP) is 4.90. The van der Waals surface area contributed by atoms with Gasteiger partial charge in [-0.15, -0.1) is 0 Å². The number of hydrogen-bond acceptors (Lipinski definition) is 4. The number of nitrogens with one attached hydrogen (secondary N) is 1. The third-order valence-corrected chi connectivity index (χ3v) is 5.81. The van der Waals surface area contributed by atoms with Gasteiger partial charge < -0.3 is 10.1 Å². The Hall–Kier alpha value is -2.60. The average Bonchev–Trinajstić information content (AvgIpc) is 2.70. The number of halogens is 6. The van der Waals surface area contributed by atoms with Crippen LogP contribution in [0.25, 0.3) is 0 Å². The quantitative estimate of drug-likeness (QED) is 0.402. The van der Waals surface area contributed by atoms with Crippen molar-refractivity contribution < 1.29 is 44.3 Å². The second kappa shape index (κ2) is 10.1. The second-order valence-electron chi connectivity index (χ2n) is 7.11. The van der Waals surface area contributed by atoms with Crippen LogP contribution < -0.4 is 5.32 Å². The lowest BCUT2D eigenvalue weighted by Gasteiger charge is -2.37. The van der Waals surface area contributed by atoms with E-state index >= 15 is 0 Å². The van der Waals surface area contributed by atoms with E-state index in [1.807, 2.05) is 0 Å². The molecule has 0 fully saturated rings. The molecule has 2 rings (SSSR count). The van der Waals surface area contributed by atoms with E-state index in [9.17, 15) is 39.6 Å². The summed E-state index contributed by atoms with van der Waals surface area (Å²) < 4.78 is 107. The van der Waals surface area contributed by atoms with Crippen LogP contribution >= 0.6 is 0 Å². The summed E-state index contributed by atoms with van der Waals surface area (Å²) in [5, 5.41) is 1.70. The minimum atomic E-state index is -5.77. The standard InChI is InChI=1S/C21H21F6NO4S/c1-3-32-19(20(22,23)24,21(25,26)27)16-8-10-17(11-9-16)28-18(29)12-14-4-6-15(7-5-14)13(2)33(30)31/h4-11,13,33H,3,12H2,1-2H3,(H,28,29). The van der Waals surface area contributed by atoms with Crippen molar-refractivity contribution in [2.45, 2.75) is 43.5 Å². The molecule has 0 radical (unpaired) electrons. The van der Waals surface area contributed by atoms with Crippen LogP contribution in [-0.4, -0.2) is 33.3 Å². The molecular formula is C21H21F6NO4S. The fraction of sp³-hybridized carbons (Fsp3) is 0.381. The molecule has 1 N–H and O–H groups in total. The molecule has 0 aliphatic rings. The molecule has 1 amide bonds. The molecule has 0 heterocycles. The maximum absolute atomic E-state index is 13.5. The minimum Gasteiger partial charge on any atom is -0.354 e. The topological polar surface area (TPSA) is 72.5 Å². The van der Waals surface area contributed by atoms with Crippen molar-refractivity contribution >= 4 is 22.3 Å². The Bertz CT molecular complexity index is 1010. The van der Waals surface area contributed by atoms with Crippen molar-refractivity contribution in [2.24, 2.45) is 0 Å². The molecule has 0 bridgehead atoms. The van der Waals surface area contributed by atoms with Crippen LogP contribution in [0.15, 0.2) is 48.5 Å². The van der Waals surface area contributed by atoms with E-state index in [-0.39, 0.29) is 12.1 Å². The Kier molecular flexibility index (Phi) is 8.18. The minimum absolute atomic E-state index is 0.00732. The van der Waals surface area contributed by atoms with Gasteiger partial charge in [0.05, 0.1) is 11.7 Å². The SMILES string of the molecule is CCOC(c1ccc(NC(=O)Cc2ccc(C(C)[SH](=O)=O)cc2)cc1)(C(F)(F)F)C(F)(F)F. The molecule has 2 aromatic carbocycles.